The van der Waals surface area contributed by atoms with Crippen LogP contribution in [0.4, 0.5) is 4.39 Å². The van der Waals surface area contributed by atoms with Gasteiger partial charge in [-0.25, -0.2) is 4.39 Å². The number of rotatable bonds is 7. The molecule has 0 atom stereocenters. The molecule has 29 heavy (non-hydrogen) atoms. The smallest absolute Gasteiger partial charge is 0.205 e. The number of halogens is 1. The third kappa shape index (κ3) is 4.22. The van der Waals surface area contributed by atoms with Gasteiger partial charge in [0.2, 0.25) is 5.78 Å². The van der Waals surface area contributed by atoms with Crippen molar-refractivity contribution in [1.82, 2.24) is 9.47 Å². The molecule has 0 bridgehead atoms. The number of hydrogen-bond acceptors (Lipinski definition) is 5. The third-order valence-electron chi connectivity index (χ3n) is 5.24. The molecular weight excluding hydrogens is 391 g/mol. The molecule has 1 aromatic carbocycles. The zero-order valence-electron chi connectivity index (χ0n) is 16.7. The predicted molar refractivity (Wildman–Crippen MR) is 113 cm³/mol. The number of aromatic nitrogens is 1. The van der Waals surface area contributed by atoms with E-state index in [2.05, 4.69) is 22.5 Å². The van der Waals surface area contributed by atoms with Crippen molar-refractivity contribution in [3.8, 4) is 5.75 Å². The Bertz CT molecular complexity index is 1020. The zero-order valence-corrected chi connectivity index (χ0v) is 17.6. The van der Waals surface area contributed by atoms with Gasteiger partial charge in [-0.1, -0.05) is 0 Å². The fourth-order valence-corrected chi connectivity index (χ4v) is 4.88. The Labute approximate surface area is 173 Å². The predicted octanol–water partition coefficient (Wildman–Crippen LogP) is 4.11. The molecule has 5 nitrogen and oxygen atoms in total. The van der Waals surface area contributed by atoms with E-state index in [1.807, 2.05) is 13.0 Å². The van der Waals surface area contributed by atoms with Crippen molar-refractivity contribution in [3.05, 3.63) is 52.3 Å². The summed E-state index contributed by atoms with van der Waals surface area (Å²) in [5, 5.41) is 1.03. The molecule has 0 amide bonds. The molecule has 3 heterocycles. The third-order valence-corrected chi connectivity index (χ3v) is 6.41. The molecule has 0 spiro atoms. The van der Waals surface area contributed by atoms with Crippen LogP contribution in [0.1, 0.15) is 27.9 Å². The number of benzene rings is 1. The topological polar surface area (TPSA) is 43.7 Å². The minimum atomic E-state index is -0.551. The Morgan fingerprint density at radius 2 is 2.00 bits per heavy atom. The quantitative estimate of drug-likeness (QED) is 0.544. The SMILES string of the molecule is CCOc1ccc(C(=O)c2cc3cc(C)n(CCN4CCOCC4)c3s2)c(F)c1. The van der Waals surface area contributed by atoms with E-state index in [-0.39, 0.29) is 11.3 Å². The lowest BCUT2D eigenvalue weighted by Crippen LogP contribution is -2.38. The average molecular weight is 417 g/mol. The van der Waals surface area contributed by atoms with Gasteiger partial charge in [-0.3, -0.25) is 9.69 Å². The van der Waals surface area contributed by atoms with Crippen LogP contribution in [0.15, 0.2) is 30.3 Å². The maximum Gasteiger partial charge on any atom is 0.205 e. The number of aryl methyl sites for hydroxylation is 1. The van der Waals surface area contributed by atoms with Gasteiger partial charge >= 0.3 is 0 Å². The molecule has 0 N–H and O–H groups in total. The summed E-state index contributed by atoms with van der Waals surface area (Å²) in [6, 6.07) is 8.38. The maximum absolute atomic E-state index is 14.4. The largest absolute Gasteiger partial charge is 0.494 e. The summed E-state index contributed by atoms with van der Waals surface area (Å²) in [4.78, 5) is 16.9. The van der Waals surface area contributed by atoms with Gasteiger partial charge in [0.15, 0.2) is 0 Å². The Morgan fingerprint density at radius 1 is 1.21 bits per heavy atom. The van der Waals surface area contributed by atoms with E-state index in [0.717, 1.165) is 49.6 Å². The second-order valence-electron chi connectivity index (χ2n) is 7.17. The van der Waals surface area contributed by atoms with Crippen LogP contribution in [0.25, 0.3) is 10.2 Å². The van der Waals surface area contributed by atoms with Crippen molar-refractivity contribution >= 4 is 27.3 Å². The molecule has 154 valence electrons. The molecule has 3 aromatic rings. The standard InChI is InChI=1S/C22H25FN2O3S/c1-3-28-17-4-5-18(19(23)14-17)21(26)20-13-16-12-15(2)25(22(16)29-20)7-6-24-8-10-27-11-9-24/h4-5,12-14H,3,6-11H2,1-2H3. The average Bonchev–Trinajstić information content (AvgIpc) is 3.24. The molecule has 0 saturated carbocycles. The summed E-state index contributed by atoms with van der Waals surface area (Å²) < 4.78 is 27.4. The van der Waals surface area contributed by atoms with Crippen LogP contribution in [0.3, 0.4) is 0 Å². The minimum absolute atomic E-state index is 0.0777. The number of ether oxygens (including phenoxy) is 2. The fourth-order valence-electron chi connectivity index (χ4n) is 3.70. The van der Waals surface area contributed by atoms with Gasteiger partial charge in [-0.15, -0.1) is 11.3 Å². The van der Waals surface area contributed by atoms with E-state index in [0.29, 0.717) is 17.2 Å². The Kier molecular flexibility index (Phi) is 5.99. The van der Waals surface area contributed by atoms with Gasteiger partial charge in [0.25, 0.3) is 0 Å². The fraction of sp³-hybridized carbons (Fsp3) is 0.409. The van der Waals surface area contributed by atoms with Gasteiger partial charge in [0.1, 0.15) is 16.4 Å². The monoisotopic (exact) mass is 416 g/mol. The number of thiophene rings is 1. The van der Waals surface area contributed by atoms with E-state index in [1.54, 1.807) is 6.07 Å². The second kappa shape index (κ2) is 8.65. The van der Waals surface area contributed by atoms with Crippen LogP contribution in [0.5, 0.6) is 5.75 Å². The summed E-state index contributed by atoms with van der Waals surface area (Å²) in [6.07, 6.45) is 0. The number of carbonyl (C=O) groups excluding carboxylic acids is 1. The number of fused-ring (bicyclic) bond motifs is 1. The molecule has 2 aromatic heterocycles. The molecule has 1 aliphatic rings. The van der Waals surface area contributed by atoms with Crippen molar-refractivity contribution in [3.63, 3.8) is 0 Å². The number of carbonyl (C=O) groups is 1. The lowest BCUT2D eigenvalue weighted by molar-refractivity contribution is 0.0365. The van der Waals surface area contributed by atoms with Crippen LogP contribution >= 0.6 is 11.3 Å². The van der Waals surface area contributed by atoms with Gasteiger partial charge in [0, 0.05) is 43.3 Å². The summed E-state index contributed by atoms with van der Waals surface area (Å²) in [5.74, 6) is -0.405. The molecule has 1 aliphatic heterocycles. The van der Waals surface area contributed by atoms with E-state index in [1.165, 1.54) is 29.2 Å². The second-order valence-corrected chi connectivity index (χ2v) is 8.20. The number of morpholine rings is 1. The van der Waals surface area contributed by atoms with Crippen LogP contribution in [-0.4, -0.2) is 54.7 Å². The zero-order chi connectivity index (χ0) is 20.4. The van der Waals surface area contributed by atoms with Crippen LogP contribution in [-0.2, 0) is 11.3 Å². The Balaban J connectivity index is 1.55. The van der Waals surface area contributed by atoms with Crippen LogP contribution in [0.2, 0.25) is 0 Å². The summed E-state index contributed by atoms with van der Waals surface area (Å²) in [7, 11) is 0. The molecule has 4 rings (SSSR count). The molecule has 0 aliphatic carbocycles. The first-order valence-corrected chi connectivity index (χ1v) is 10.7. The van der Waals surface area contributed by atoms with Crippen LogP contribution < -0.4 is 4.74 Å². The number of hydrogen-bond donors (Lipinski definition) is 0. The van der Waals surface area contributed by atoms with Crippen molar-refractivity contribution in [2.45, 2.75) is 20.4 Å². The lowest BCUT2D eigenvalue weighted by Gasteiger charge is -2.26. The highest BCUT2D eigenvalue weighted by Crippen LogP contribution is 2.31. The lowest BCUT2D eigenvalue weighted by atomic mass is 10.1. The Hall–Kier alpha value is -2.22. The first-order chi connectivity index (χ1) is 14.1. The first-order valence-electron chi connectivity index (χ1n) is 9.93. The first kappa shape index (κ1) is 20.1. The molecule has 1 fully saturated rings. The van der Waals surface area contributed by atoms with Crippen molar-refractivity contribution < 1.29 is 18.7 Å². The van der Waals surface area contributed by atoms with Crippen molar-refractivity contribution in [2.75, 3.05) is 39.5 Å². The molecular formula is C22H25FN2O3S. The highest BCUT2D eigenvalue weighted by molar-refractivity contribution is 7.20. The van der Waals surface area contributed by atoms with Crippen LogP contribution in [0, 0.1) is 12.7 Å². The molecule has 0 radical (unpaired) electrons. The van der Waals surface area contributed by atoms with Crippen molar-refractivity contribution in [1.29, 1.82) is 0 Å². The molecule has 7 heteroatoms. The Morgan fingerprint density at radius 3 is 2.72 bits per heavy atom. The van der Waals surface area contributed by atoms with E-state index in [9.17, 15) is 9.18 Å². The maximum atomic E-state index is 14.4. The van der Waals surface area contributed by atoms with E-state index in [4.69, 9.17) is 9.47 Å². The normalized spacial score (nSPS) is 15.1. The minimum Gasteiger partial charge on any atom is -0.494 e. The number of nitrogens with zero attached hydrogens (tertiary/aromatic N) is 2. The molecule has 1 saturated heterocycles. The highest BCUT2D eigenvalue weighted by Gasteiger charge is 2.20. The van der Waals surface area contributed by atoms with Gasteiger partial charge in [0.05, 0.1) is 30.3 Å². The summed E-state index contributed by atoms with van der Waals surface area (Å²) in [6.45, 7) is 9.66. The summed E-state index contributed by atoms with van der Waals surface area (Å²) >= 11 is 1.43. The van der Waals surface area contributed by atoms with Gasteiger partial charge in [-0.05, 0) is 38.1 Å². The van der Waals surface area contributed by atoms with Crippen molar-refractivity contribution in [2.24, 2.45) is 0 Å². The number of ketones is 1. The van der Waals surface area contributed by atoms with E-state index >= 15 is 0 Å². The van der Waals surface area contributed by atoms with Gasteiger partial charge < -0.3 is 14.0 Å². The highest BCUT2D eigenvalue weighted by atomic mass is 32.1. The van der Waals surface area contributed by atoms with Gasteiger partial charge in [-0.2, -0.15) is 0 Å². The summed E-state index contributed by atoms with van der Waals surface area (Å²) in [5.41, 5.74) is 1.25. The molecule has 0 unspecified atom stereocenters. The van der Waals surface area contributed by atoms with E-state index < -0.39 is 5.82 Å².